The molecule has 0 heterocycles. The highest BCUT2D eigenvalue weighted by Gasteiger charge is 2.07. The van der Waals surface area contributed by atoms with Crippen LogP contribution in [0.25, 0.3) is 0 Å². The van der Waals surface area contributed by atoms with Crippen LogP contribution in [0.5, 0.6) is 5.75 Å². The van der Waals surface area contributed by atoms with Crippen molar-refractivity contribution < 1.29 is 9.13 Å². The van der Waals surface area contributed by atoms with Gasteiger partial charge in [0.15, 0.2) is 0 Å². The summed E-state index contributed by atoms with van der Waals surface area (Å²) in [6.45, 7) is 1.68. The maximum Gasteiger partial charge on any atom is 0.150 e. The van der Waals surface area contributed by atoms with E-state index in [1.54, 1.807) is 19.1 Å². The van der Waals surface area contributed by atoms with Crippen LogP contribution in [-0.4, -0.2) is 12.1 Å². The molecule has 0 unspecified atom stereocenters. The lowest BCUT2D eigenvalue weighted by atomic mass is 10.3. The SMILES string of the molecule is COc1cccc(F)c1NC(C)=S. The van der Waals surface area contributed by atoms with Crippen LogP contribution in [0, 0.1) is 5.82 Å². The Morgan fingerprint density at radius 1 is 1.54 bits per heavy atom. The molecular formula is C9H10FNOS. The third-order valence-electron chi connectivity index (χ3n) is 1.50. The monoisotopic (exact) mass is 199 g/mol. The smallest absolute Gasteiger partial charge is 0.150 e. The van der Waals surface area contributed by atoms with Crippen LogP contribution in [0.2, 0.25) is 0 Å². The van der Waals surface area contributed by atoms with Gasteiger partial charge in [0, 0.05) is 0 Å². The van der Waals surface area contributed by atoms with Crippen molar-refractivity contribution in [2.75, 3.05) is 12.4 Å². The fourth-order valence-electron chi connectivity index (χ4n) is 0.972. The van der Waals surface area contributed by atoms with E-state index in [2.05, 4.69) is 5.32 Å². The predicted octanol–water partition coefficient (Wildman–Crippen LogP) is 2.59. The van der Waals surface area contributed by atoms with Crippen molar-refractivity contribution >= 4 is 22.9 Å². The maximum atomic E-state index is 13.2. The van der Waals surface area contributed by atoms with Crippen molar-refractivity contribution in [3.8, 4) is 5.75 Å². The van der Waals surface area contributed by atoms with Gasteiger partial charge < -0.3 is 10.1 Å². The first-order chi connectivity index (χ1) is 6.15. The summed E-state index contributed by atoms with van der Waals surface area (Å²) in [5, 5.41) is 2.72. The van der Waals surface area contributed by atoms with Crippen molar-refractivity contribution in [1.29, 1.82) is 0 Å². The molecule has 1 aromatic rings. The average molecular weight is 199 g/mol. The van der Waals surface area contributed by atoms with E-state index in [0.29, 0.717) is 10.7 Å². The molecule has 4 heteroatoms. The average Bonchev–Trinajstić information content (AvgIpc) is 2.08. The van der Waals surface area contributed by atoms with Gasteiger partial charge in [0.05, 0.1) is 12.1 Å². The second-order valence-electron chi connectivity index (χ2n) is 2.50. The Balaban J connectivity index is 3.07. The summed E-state index contributed by atoms with van der Waals surface area (Å²) in [7, 11) is 1.48. The van der Waals surface area contributed by atoms with E-state index in [0.717, 1.165) is 0 Å². The summed E-state index contributed by atoms with van der Waals surface area (Å²) < 4.78 is 18.2. The number of methoxy groups -OCH3 is 1. The molecule has 0 aliphatic rings. The van der Waals surface area contributed by atoms with Gasteiger partial charge in [-0.05, 0) is 19.1 Å². The Kier molecular flexibility index (Phi) is 3.19. The lowest BCUT2D eigenvalue weighted by molar-refractivity contribution is 0.414. The van der Waals surface area contributed by atoms with Crippen molar-refractivity contribution in [1.82, 2.24) is 0 Å². The molecule has 0 saturated carbocycles. The van der Waals surface area contributed by atoms with E-state index in [1.165, 1.54) is 13.2 Å². The third kappa shape index (κ3) is 2.39. The summed E-state index contributed by atoms with van der Waals surface area (Å²) in [5.74, 6) is 0.0766. The van der Waals surface area contributed by atoms with Gasteiger partial charge in [0.2, 0.25) is 0 Å². The Hall–Kier alpha value is -1.16. The minimum absolute atomic E-state index is 0.289. The normalized spacial score (nSPS) is 9.46. The Morgan fingerprint density at radius 2 is 2.23 bits per heavy atom. The number of anilines is 1. The van der Waals surface area contributed by atoms with E-state index in [4.69, 9.17) is 17.0 Å². The lowest BCUT2D eigenvalue weighted by Gasteiger charge is -2.10. The molecule has 0 saturated heterocycles. The van der Waals surface area contributed by atoms with Gasteiger partial charge in [0.1, 0.15) is 17.3 Å². The predicted molar refractivity (Wildman–Crippen MR) is 54.8 cm³/mol. The van der Waals surface area contributed by atoms with E-state index in [-0.39, 0.29) is 11.5 Å². The maximum absolute atomic E-state index is 13.2. The highest BCUT2D eigenvalue weighted by molar-refractivity contribution is 7.80. The van der Waals surface area contributed by atoms with Gasteiger partial charge in [-0.1, -0.05) is 18.3 Å². The summed E-state index contributed by atoms with van der Waals surface area (Å²) in [6.07, 6.45) is 0. The molecule has 0 fully saturated rings. The molecule has 0 atom stereocenters. The molecule has 1 aromatic carbocycles. The van der Waals surface area contributed by atoms with Crippen LogP contribution in [0.15, 0.2) is 18.2 Å². The number of ether oxygens (including phenoxy) is 1. The van der Waals surface area contributed by atoms with E-state index >= 15 is 0 Å². The molecule has 13 heavy (non-hydrogen) atoms. The van der Waals surface area contributed by atoms with E-state index < -0.39 is 0 Å². The number of benzene rings is 1. The molecule has 1 rings (SSSR count). The first kappa shape index (κ1) is 9.92. The lowest BCUT2D eigenvalue weighted by Crippen LogP contribution is -2.06. The number of thiocarbonyl (C=S) groups is 1. The minimum atomic E-state index is -0.372. The largest absolute Gasteiger partial charge is 0.494 e. The quantitative estimate of drug-likeness (QED) is 0.740. The van der Waals surface area contributed by atoms with Crippen LogP contribution in [0.1, 0.15) is 6.92 Å². The first-order valence-corrected chi connectivity index (χ1v) is 4.16. The van der Waals surface area contributed by atoms with Crippen LogP contribution in [0.4, 0.5) is 10.1 Å². The fourth-order valence-corrected chi connectivity index (χ4v) is 1.07. The molecule has 0 amide bonds. The van der Waals surface area contributed by atoms with Gasteiger partial charge in [0.25, 0.3) is 0 Å². The van der Waals surface area contributed by atoms with Gasteiger partial charge in [-0.15, -0.1) is 0 Å². The second kappa shape index (κ2) is 4.18. The van der Waals surface area contributed by atoms with E-state index in [9.17, 15) is 4.39 Å². The zero-order valence-corrected chi connectivity index (χ0v) is 8.24. The molecule has 0 bridgehead atoms. The molecule has 0 spiro atoms. The van der Waals surface area contributed by atoms with Crippen LogP contribution >= 0.6 is 12.2 Å². The number of hydrogen-bond donors (Lipinski definition) is 1. The fraction of sp³-hybridized carbons (Fsp3) is 0.222. The zero-order valence-electron chi connectivity index (χ0n) is 7.43. The molecule has 0 aliphatic carbocycles. The highest BCUT2D eigenvalue weighted by atomic mass is 32.1. The van der Waals surface area contributed by atoms with Crippen LogP contribution in [0.3, 0.4) is 0 Å². The number of hydrogen-bond acceptors (Lipinski definition) is 2. The van der Waals surface area contributed by atoms with Crippen molar-refractivity contribution in [2.45, 2.75) is 6.92 Å². The summed E-state index contributed by atoms with van der Waals surface area (Å²) >= 11 is 4.81. The minimum Gasteiger partial charge on any atom is -0.494 e. The molecule has 0 aliphatic heterocycles. The number of nitrogens with one attached hydrogen (secondary N) is 1. The van der Waals surface area contributed by atoms with Gasteiger partial charge in [-0.3, -0.25) is 0 Å². The molecule has 2 nitrogen and oxygen atoms in total. The van der Waals surface area contributed by atoms with Crippen molar-refractivity contribution in [2.24, 2.45) is 0 Å². The second-order valence-corrected chi connectivity index (χ2v) is 3.11. The number of halogens is 1. The Bertz CT molecular complexity index is 327. The molecule has 1 N–H and O–H groups in total. The highest BCUT2D eigenvalue weighted by Crippen LogP contribution is 2.26. The van der Waals surface area contributed by atoms with Gasteiger partial charge in [-0.2, -0.15) is 0 Å². The summed E-state index contributed by atoms with van der Waals surface area (Å²) in [5.41, 5.74) is 0.289. The molecule has 70 valence electrons. The molecule has 0 aromatic heterocycles. The van der Waals surface area contributed by atoms with Gasteiger partial charge >= 0.3 is 0 Å². The van der Waals surface area contributed by atoms with Crippen molar-refractivity contribution in [3.63, 3.8) is 0 Å². The Labute approximate surface area is 81.7 Å². The standard InChI is InChI=1S/C9H10FNOS/c1-6(13)11-9-7(10)4-3-5-8(9)12-2/h3-5H,1-2H3,(H,11,13). The Morgan fingerprint density at radius 3 is 2.77 bits per heavy atom. The molecule has 0 radical (unpaired) electrons. The summed E-state index contributed by atoms with van der Waals surface area (Å²) in [6, 6.07) is 4.60. The van der Waals surface area contributed by atoms with E-state index in [1.807, 2.05) is 0 Å². The number of rotatable bonds is 2. The van der Waals surface area contributed by atoms with Gasteiger partial charge in [-0.25, -0.2) is 4.39 Å². The topological polar surface area (TPSA) is 21.3 Å². The number of para-hydroxylation sites is 1. The third-order valence-corrected chi connectivity index (χ3v) is 1.60. The molecular weight excluding hydrogens is 189 g/mol. The van der Waals surface area contributed by atoms with Crippen LogP contribution < -0.4 is 10.1 Å². The van der Waals surface area contributed by atoms with Crippen molar-refractivity contribution in [3.05, 3.63) is 24.0 Å². The summed E-state index contributed by atoms with van der Waals surface area (Å²) in [4.78, 5) is 0.503. The van der Waals surface area contributed by atoms with Crippen LogP contribution in [-0.2, 0) is 0 Å². The zero-order chi connectivity index (χ0) is 9.84. The first-order valence-electron chi connectivity index (χ1n) is 3.75.